The van der Waals surface area contributed by atoms with Gasteiger partial charge in [0.05, 0.1) is 10.5 Å². The minimum atomic E-state index is 0.345. The molecular formula is C19H18ClN7. The molecule has 0 spiro atoms. The van der Waals surface area contributed by atoms with Crippen LogP contribution >= 0.6 is 11.6 Å². The third-order valence-corrected chi connectivity index (χ3v) is 4.50. The first kappa shape index (κ1) is 17.2. The fourth-order valence-electron chi connectivity index (χ4n) is 2.97. The van der Waals surface area contributed by atoms with Crippen molar-refractivity contribution in [2.75, 3.05) is 24.7 Å². The Morgan fingerprint density at radius 1 is 1.11 bits per heavy atom. The van der Waals surface area contributed by atoms with Gasteiger partial charge in [-0.25, -0.2) is 9.97 Å². The van der Waals surface area contributed by atoms with Gasteiger partial charge in [0.25, 0.3) is 0 Å². The quantitative estimate of drug-likeness (QED) is 0.587. The largest absolute Gasteiger partial charge is 0.381 e. The number of nitrogen functional groups attached to an aromatic ring is 1. The van der Waals surface area contributed by atoms with E-state index in [1.54, 1.807) is 10.9 Å². The lowest BCUT2D eigenvalue weighted by molar-refractivity contribution is 0.770. The fourth-order valence-corrected chi connectivity index (χ4v) is 3.25. The second-order valence-electron chi connectivity index (χ2n) is 6.43. The summed E-state index contributed by atoms with van der Waals surface area (Å²) in [6, 6.07) is 9.58. The molecule has 0 saturated carbocycles. The summed E-state index contributed by atoms with van der Waals surface area (Å²) in [5.41, 5.74) is 9.70. The zero-order chi connectivity index (χ0) is 19.1. The van der Waals surface area contributed by atoms with Crippen LogP contribution in [0.25, 0.3) is 33.5 Å². The number of aryl methyl sites for hydroxylation is 1. The number of nitrogens with zero attached hydrogens (tertiary/aromatic N) is 6. The third-order valence-electron chi connectivity index (χ3n) is 4.22. The Balaban J connectivity index is 2.02. The Morgan fingerprint density at radius 3 is 2.63 bits per heavy atom. The van der Waals surface area contributed by atoms with Crippen molar-refractivity contribution < 1.29 is 0 Å². The smallest absolute Gasteiger partial charge is 0.171 e. The van der Waals surface area contributed by atoms with Crippen molar-refractivity contribution >= 4 is 34.1 Å². The highest BCUT2D eigenvalue weighted by Gasteiger charge is 2.19. The van der Waals surface area contributed by atoms with E-state index in [1.807, 2.05) is 62.6 Å². The molecule has 0 unspecified atom stereocenters. The lowest BCUT2D eigenvalue weighted by atomic mass is 10.0. The van der Waals surface area contributed by atoms with Crippen LogP contribution in [0.4, 0.5) is 11.6 Å². The van der Waals surface area contributed by atoms with Crippen molar-refractivity contribution in [1.82, 2.24) is 24.7 Å². The number of aromatic nitrogens is 5. The minimum absolute atomic E-state index is 0.345. The zero-order valence-corrected chi connectivity index (χ0v) is 15.9. The van der Waals surface area contributed by atoms with E-state index in [1.165, 1.54) is 0 Å². The Bertz CT molecular complexity index is 1150. The number of fused-ring (bicyclic) bond motifs is 1. The first-order valence-electron chi connectivity index (χ1n) is 8.33. The van der Waals surface area contributed by atoms with Gasteiger partial charge in [0.2, 0.25) is 0 Å². The number of benzene rings is 1. The van der Waals surface area contributed by atoms with E-state index in [-0.39, 0.29) is 0 Å². The maximum atomic E-state index is 6.48. The maximum absolute atomic E-state index is 6.48. The van der Waals surface area contributed by atoms with Crippen molar-refractivity contribution in [3.8, 4) is 22.6 Å². The van der Waals surface area contributed by atoms with Crippen LogP contribution in [0.1, 0.15) is 0 Å². The first-order chi connectivity index (χ1) is 12.9. The van der Waals surface area contributed by atoms with Gasteiger partial charge in [-0.15, -0.1) is 0 Å². The summed E-state index contributed by atoms with van der Waals surface area (Å²) in [7, 11) is 5.61. The molecule has 3 heterocycles. The predicted octanol–water partition coefficient (Wildman–Crippen LogP) is 3.39. The van der Waals surface area contributed by atoms with Crippen LogP contribution in [-0.2, 0) is 7.05 Å². The highest BCUT2D eigenvalue weighted by atomic mass is 35.5. The molecule has 0 aliphatic carbocycles. The number of anilines is 2. The molecule has 0 fully saturated rings. The molecule has 0 saturated heterocycles. The van der Waals surface area contributed by atoms with Gasteiger partial charge < -0.3 is 10.6 Å². The highest BCUT2D eigenvalue weighted by Crippen LogP contribution is 2.35. The molecule has 2 N–H and O–H groups in total. The van der Waals surface area contributed by atoms with Crippen LogP contribution < -0.4 is 10.6 Å². The van der Waals surface area contributed by atoms with E-state index in [0.29, 0.717) is 33.7 Å². The number of rotatable bonds is 3. The van der Waals surface area contributed by atoms with Crippen molar-refractivity contribution in [3.63, 3.8) is 0 Å². The van der Waals surface area contributed by atoms with Gasteiger partial charge in [0.1, 0.15) is 17.1 Å². The second kappa shape index (κ2) is 6.51. The van der Waals surface area contributed by atoms with Gasteiger partial charge in [-0.2, -0.15) is 5.10 Å². The van der Waals surface area contributed by atoms with Crippen LogP contribution in [0.3, 0.4) is 0 Å². The average molecular weight is 380 g/mol. The van der Waals surface area contributed by atoms with E-state index in [0.717, 1.165) is 16.5 Å². The third kappa shape index (κ3) is 3.06. The summed E-state index contributed by atoms with van der Waals surface area (Å²) >= 11 is 6.48. The molecule has 0 bridgehead atoms. The van der Waals surface area contributed by atoms with Gasteiger partial charge in [-0.3, -0.25) is 9.67 Å². The van der Waals surface area contributed by atoms with Crippen molar-refractivity contribution in [2.24, 2.45) is 7.05 Å². The molecule has 7 nitrogen and oxygen atoms in total. The number of pyridine rings is 1. The normalized spacial score (nSPS) is 11.1. The molecule has 0 atom stereocenters. The van der Waals surface area contributed by atoms with Crippen molar-refractivity contribution in [2.45, 2.75) is 0 Å². The molecule has 8 heteroatoms. The summed E-state index contributed by atoms with van der Waals surface area (Å²) in [6.07, 6.45) is 3.58. The standard InChI is InChI=1S/C19H18ClN7/c1-26(2)19-18(21)23-17(14-6-8-27(3)25-14)16(24-19)12-9-11-5-4-7-22-15(11)13(20)10-12/h4-10H,1-3H3,(H2,21,23). The van der Waals surface area contributed by atoms with E-state index in [4.69, 9.17) is 22.3 Å². The average Bonchev–Trinajstić information content (AvgIpc) is 3.07. The molecule has 27 heavy (non-hydrogen) atoms. The van der Waals surface area contributed by atoms with Crippen LogP contribution in [-0.4, -0.2) is 38.8 Å². The number of hydrogen-bond donors (Lipinski definition) is 1. The van der Waals surface area contributed by atoms with Gasteiger partial charge in [-0.05, 0) is 24.3 Å². The van der Waals surface area contributed by atoms with Gasteiger partial charge in [-0.1, -0.05) is 17.7 Å². The molecule has 0 radical (unpaired) electrons. The molecule has 1 aromatic carbocycles. The van der Waals surface area contributed by atoms with Gasteiger partial charge in [0.15, 0.2) is 11.6 Å². The molecule has 4 rings (SSSR count). The summed E-state index contributed by atoms with van der Waals surface area (Å²) < 4.78 is 1.72. The SMILES string of the molecule is CN(C)c1nc(-c2cc(Cl)c3ncccc3c2)c(-c2ccn(C)n2)nc1N. The van der Waals surface area contributed by atoms with Crippen LogP contribution in [0.5, 0.6) is 0 Å². The fraction of sp³-hybridized carbons (Fsp3) is 0.158. The van der Waals surface area contributed by atoms with Crippen molar-refractivity contribution in [3.05, 3.63) is 47.7 Å². The Hall–Kier alpha value is -3.19. The second-order valence-corrected chi connectivity index (χ2v) is 6.84. The summed E-state index contributed by atoms with van der Waals surface area (Å²) in [4.78, 5) is 15.6. The Morgan fingerprint density at radius 2 is 1.93 bits per heavy atom. The molecule has 136 valence electrons. The van der Waals surface area contributed by atoms with Gasteiger partial charge >= 0.3 is 0 Å². The predicted molar refractivity (Wildman–Crippen MR) is 109 cm³/mol. The van der Waals surface area contributed by atoms with E-state index >= 15 is 0 Å². The maximum Gasteiger partial charge on any atom is 0.171 e. The topological polar surface area (TPSA) is 85.8 Å². The zero-order valence-electron chi connectivity index (χ0n) is 15.2. The molecule has 0 amide bonds. The molecule has 0 aliphatic rings. The van der Waals surface area contributed by atoms with Gasteiger partial charge in [0, 0.05) is 44.5 Å². The molecule has 0 aliphatic heterocycles. The first-order valence-corrected chi connectivity index (χ1v) is 8.71. The van der Waals surface area contributed by atoms with Crippen LogP contribution in [0.2, 0.25) is 5.02 Å². The Labute approximate surface area is 161 Å². The van der Waals surface area contributed by atoms with E-state index in [2.05, 4.69) is 15.1 Å². The van der Waals surface area contributed by atoms with E-state index < -0.39 is 0 Å². The monoisotopic (exact) mass is 379 g/mol. The summed E-state index contributed by atoms with van der Waals surface area (Å²) in [6.45, 7) is 0. The Kier molecular flexibility index (Phi) is 4.16. The highest BCUT2D eigenvalue weighted by molar-refractivity contribution is 6.35. The van der Waals surface area contributed by atoms with Crippen molar-refractivity contribution in [1.29, 1.82) is 0 Å². The minimum Gasteiger partial charge on any atom is -0.381 e. The van der Waals surface area contributed by atoms with Crippen LogP contribution in [0, 0.1) is 0 Å². The summed E-state index contributed by atoms with van der Waals surface area (Å²) in [5, 5.41) is 5.95. The lowest BCUT2D eigenvalue weighted by Gasteiger charge is -2.17. The van der Waals surface area contributed by atoms with E-state index in [9.17, 15) is 0 Å². The summed E-state index contributed by atoms with van der Waals surface area (Å²) in [5.74, 6) is 0.935. The van der Waals surface area contributed by atoms with Crippen LogP contribution in [0.15, 0.2) is 42.7 Å². The molecule has 4 aromatic rings. The molecule has 3 aromatic heterocycles. The number of hydrogen-bond acceptors (Lipinski definition) is 6. The number of halogens is 1. The lowest BCUT2D eigenvalue weighted by Crippen LogP contribution is -2.15. The molecular weight excluding hydrogens is 362 g/mol. The number of nitrogens with two attached hydrogens (primary N) is 1.